The van der Waals surface area contributed by atoms with Gasteiger partial charge in [0.2, 0.25) is 0 Å². The Labute approximate surface area is 100 Å². The fourth-order valence-corrected chi connectivity index (χ4v) is 1.71. The summed E-state index contributed by atoms with van der Waals surface area (Å²) in [5.74, 6) is 0.104. The van der Waals surface area contributed by atoms with Gasteiger partial charge in [-0.3, -0.25) is 0 Å². The van der Waals surface area contributed by atoms with Crippen LogP contribution < -0.4 is 4.74 Å². The second-order valence-electron chi connectivity index (χ2n) is 3.22. The second-order valence-corrected chi connectivity index (χ2v) is 4.07. The number of benzene rings is 1. The molecule has 0 amide bonds. The Morgan fingerprint density at radius 3 is 2.56 bits per heavy atom. The molecule has 0 saturated heterocycles. The summed E-state index contributed by atoms with van der Waals surface area (Å²) in [7, 11) is 0. The molecule has 2 aromatic rings. The number of aryl methyl sites for hydroxylation is 1. The average molecular weight is 283 g/mol. The van der Waals surface area contributed by atoms with Crippen molar-refractivity contribution in [2.75, 3.05) is 0 Å². The van der Waals surface area contributed by atoms with Crippen molar-refractivity contribution in [1.29, 1.82) is 0 Å². The van der Waals surface area contributed by atoms with Crippen molar-refractivity contribution in [3.8, 4) is 11.8 Å². The number of nitrogens with zero attached hydrogens (tertiary/aromatic N) is 2. The first-order chi connectivity index (χ1) is 7.65. The van der Waals surface area contributed by atoms with Crippen molar-refractivity contribution < 1.29 is 9.13 Å². The monoisotopic (exact) mass is 282 g/mol. The molecule has 1 aromatic carbocycles. The molecule has 1 heterocycles. The van der Waals surface area contributed by atoms with E-state index in [0.29, 0.717) is 5.75 Å². The molecule has 82 valence electrons. The van der Waals surface area contributed by atoms with Gasteiger partial charge < -0.3 is 4.74 Å². The summed E-state index contributed by atoms with van der Waals surface area (Å²) in [6.45, 7) is 1.98. The molecule has 0 N–H and O–H groups in total. The van der Waals surface area contributed by atoms with E-state index < -0.39 is 5.82 Å². The van der Waals surface area contributed by atoms with Crippen LogP contribution in [0, 0.1) is 12.7 Å². The third-order valence-corrected chi connectivity index (χ3v) is 2.50. The van der Waals surface area contributed by atoms with E-state index in [4.69, 9.17) is 4.74 Å². The largest absolute Gasteiger partial charge is 0.423 e. The van der Waals surface area contributed by atoms with E-state index in [9.17, 15) is 4.39 Å². The van der Waals surface area contributed by atoms with E-state index >= 15 is 0 Å². The van der Waals surface area contributed by atoms with Crippen LogP contribution in [0.1, 0.15) is 5.56 Å². The SMILES string of the molecule is Cc1ccc(Oc2ncc(F)cn2)c(Br)c1. The highest BCUT2D eigenvalue weighted by Crippen LogP contribution is 2.28. The Morgan fingerprint density at radius 1 is 1.25 bits per heavy atom. The van der Waals surface area contributed by atoms with Gasteiger partial charge >= 0.3 is 6.01 Å². The van der Waals surface area contributed by atoms with Crippen LogP contribution in [0.3, 0.4) is 0 Å². The van der Waals surface area contributed by atoms with E-state index in [1.54, 1.807) is 6.07 Å². The van der Waals surface area contributed by atoms with Gasteiger partial charge in [0.1, 0.15) is 5.75 Å². The zero-order valence-corrected chi connectivity index (χ0v) is 10.0. The van der Waals surface area contributed by atoms with Crippen molar-refractivity contribution >= 4 is 15.9 Å². The lowest BCUT2D eigenvalue weighted by Gasteiger charge is -2.05. The molecular formula is C11H8BrFN2O. The molecular weight excluding hydrogens is 275 g/mol. The van der Waals surface area contributed by atoms with E-state index in [2.05, 4.69) is 25.9 Å². The molecule has 3 nitrogen and oxygen atoms in total. The summed E-state index contributed by atoms with van der Waals surface area (Å²) >= 11 is 3.36. The molecule has 0 spiro atoms. The highest BCUT2D eigenvalue weighted by Gasteiger charge is 2.04. The van der Waals surface area contributed by atoms with E-state index in [1.807, 2.05) is 19.1 Å². The van der Waals surface area contributed by atoms with Crippen LogP contribution in [0.15, 0.2) is 35.1 Å². The number of hydrogen-bond donors (Lipinski definition) is 0. The Bertz CT molecular complexity index is 502. The topological polar surface area (TPSA) is 35.0 Å². The van der Waals surface area contributed by atoms with Crippen LogP contribution in [0.5, 0.6) is 11.8 Å². The Morgan fingerprint density at radius 2 is 1.94 bits per heavy atom. The number of ether oxygens (including phenoxy) is 1. The van der Waals surface area contributed by atoms with Gasteiger partial charge in [0, 0.05) is 0 Å². The number of hydrogen-bond acceptors (Lipinski definition) is 3. The molecule has 0 atom stereocenters. The summed E-state index contributed by atoms with van der Waals surface area (Å²) in [5, 5.41) is 0. The first-order valence-electron chi connectivity index (χ1n) is 4.57. The van der Waals surface area contributed by atoms with Crippen molar-refractivity contribution in [1.82, 2.24) is 9.97 Å². The van der Waals surface area contributed by atoms with Gasteiger partial charge in [-0.2, -0.15) is 0 Å². The van der Waals surface area contributed by atoms with Crippen LogP contribution in [0.25, 0.3) is 0 Å². The van der Waals surface area contributed by atoms with Crippen LogP contribution >= 0.6 is 15.9 Å². The number of aromatic nitrogens is 2. The van der Waals surface area contributed by atoms with E-state index in [0.717, 1.165) is 22.4 Å². The lowest BCUT2D eigenvalue weighted by Crippen LogP contribution is -1.93. The van der Waals surface area contributed by atoms with Gasteiger partial charge in [-0.1, -0.05) is 6.07 Å². The third-order valence-electron chi connectivity index (χ3n) is 1.89. The Kier molecular flexibility index (Phi) is 3.14. The molecule has 0 aliphatic heterocycles. The minimum absolute atomic E-state index is 0.117. The third kappa shape index (κ3) is 2.55. The minimum Gasteiger partial charge on any atom is -0.423 e. The van der Waals surface area contributed by atoms with Gasteiger partial charge in [-0.05, 0) is 40.5 Å². The average Bonchev–Trinajstić information content (AvgIpc) is 2.25. The minimum atomic E-state index is -0.490. The predicted molar refractivity (Wildman–Crippen MR) is 60.9 cm³/mol. The van der Waals surface area contributed by atoms with Crippen LogP contribution in [0.4, 0.5) is 4.39 Å². The molecule has 1 aromatic heterocycles. The molecule has 0 aliphatic rings. The molecule has 0 aliphatic carbocycles. The molecule has 16 heavy (non-hydrogen) atoms. The maximum Gasteiger partial charge on any atom is 0.322 e. The summed E-state index contributed by atoms with van der Waals surface area (Å²) in [4.78, 5) is 7.42. The van der Waals surface area contributed by atoms with Gasteiger partial charge in [0.15, 0.2) is 5.82 Å². The summed E-state index contributed by atoms with van der Waals surface area (Å²) in [6, 6.07) is 5.74. The zero-order chi connectivity index (χ0) is 11.5. The summed E-state index contributed by atoms with van der Waals surface area (Å²) in [5.41, 5.74) is 1.11. The molecule has 5 heteroatoms. The maximum absolute atomic E-state index is 12.6. The highest BCUT2D eigenvalue weighted by molar-refractivity contribution is 9.10. The predicted octanol–water partition coefficient (Wildman–Crippen LogP) is 3.48. The van der Waals surface area contributed by atoms with Crippen LogP contribution in [-0.2, 0) is 0 Å². The van der Waals surface area contributed by atoms with Crippen molar-refractivity contribution in [2.24, 2.45) is 0 Å². The van der Waals surface area contributed by atoms with Gasteiger partial charge in [0.25, 0.3) is 0 Å². The van der Waals surface area contributed by atoms with Crippen molar-refractivity contribution in [3.63, 3.8) is 0 Å². The number of rotatable bonds is 2. The molecule has 0 unspecified atom stereocenters. The Balaban J connectivity index is 2.23. The molecule has 0 fully saturated rings. The second kappa shape index (κ2) is 4.57. The van der Waals surface area contributed by atoms with Crippen LogP contribution in [-0.4, -0.2) is 9.97 Å². The first-order valence-corrected chi connectivity index (χ1v) is 5.36. The van der Waals surface area contributed by atoms with Crippen molar-refractivity contribution in [3.05, 3.63) is 46.4 Å². The normalized spacial score (nSPS) is 10.2. The van der Waals surface area contributed by atoms with Gasteiger partial charge in [-0.25, -0.2) is 14.4 Å². The maximum atomic E-state index is 12.6. The van der Waals surface area contributed by atoms with Crippen molar-refractivity contribution in [2.45, 2.75) is 6.92 Å². The lowest BCUT2D eigenvalue weighted by atomic mass is 10.2. The highest BCUT2D eigenvalue weighted by atomic mass is 79.9. The summed E-state index contributed by atoms with van der Waals surface area (Å²) in [6.07, 6.45) is 2.12. The number of halogens is 2. The fraction of sp³-hybridized carbons (Fsp3) is 0.0909. The molecule has 0 radical (unpaired) electrons. The Hall–Kier alpha value is -1.49. The quantitative estimate of drug-likeness (QED) is 0.846. The molecule has 0 bridgehead atoms. The standard InChI is InChI=1S/C11H8BrFN2O/c1-7-2-3-10(9(12)4-7)16-11-14-5-8(13)6-15-11/h2-6H,1H3. The zero-order valence-electron chi connectivity index (χ0n) is 8.45. The fourth-order valence-electron chi connectivity index (χ4n) is 1.14. The van der Waals surface area contributed by atoms with Gasteiger partial charge in [0.05, 0.1) is 16.9 Å². The first kappa shape index (κ1) is 11.0. The van der Waals surface area contributed by atoms with E-state index in [1.165, 1.54) is 0 Å². The van der Waals surface area contributed by atoms with Gasteiger partial charge in [-0.15, -0.1) is 0 Å². The molecule has 2 rings (SSSR count). The van der Waals surface area contributed by atoms with E-state index in [-0.39, 0.29) is 6.01 Å². The van der Waals surface area contributed by atoms with Crippen LogP contribution in [0.2, 0.25) is 0 Å². The molecule has 0 saturated carbocycles. The smallest absolute Gasteiger partial charge is 0.322 e. The lowest BCUT2D eigenvalue weighted by molar-refractivity contribution is 0.433. The summed E-state index contributed by atoms with van der Waals surface area (Å²) < 4.78 is 18.8.